The van der Waals surface area contributed by atoms with Crippen LogP contribution in [0.2, 0.25) is 0 Å². The summed E-state index contributed by atoms with van der Waals surface area (Å²) in [7, 11) is 1.71. The molecule has 0 aliphatic carbocycles. The Kier molecular flexibility index (Phi) is 6.04. The summed E-state index contributed by atoms with van der Waals surface area (Å²) in [6.45, 7) is 4.64. The van der Waals surface area contributed by atoms with E-state index in [0.717, 1.165) is 13.1 Å². The van der Waals surface area contributed by atoms with E-state index in [2.05, 4.69) is 56.7 Å². The molecule has 1 saturated heterocycles. The first kappa shape index (κ1) is 18.2. The van der Waals surface area contributed by atoms with Crippen molar-refractivity contribution in [3.05, 3.63) is 59.7 Å². The zero-order valence-corrected chi connectivity index (χ0v) is 15.4. The molecule has 1 aliphatic rings. The van der Waals surface area contributed by atoms with Crippen molar-refractivity contribution in [1.82, 2.24) is 15.6 Å². The number of rotatable bonds is 5. The van der Waals surface area contributed by atoms with Crippen LogP contribution in [0.15, 0.2) is 47.6 Å². The Morgan fingerprint density at radius 3 is 2.81 bits per heavy atom. The summed E-state index contributed by atoms with van der Waals surface area (Å²) in [6, 6.07) is 11.7. The molecule has 0 saturated carbocycles. The highest BCUT2D eigenvalue weighted by Gasteiger charge is 2.14. The van der Waals surface area contributed by atoms with Crippen LogP contribution < -0.4 is 15.5 Å². The highest BCUT2D eigenvalue weighted by atomic mass is 19.1. The maximum Gasteiger partial charge on any atom is 0.191 e. The van der Waals surface area contributed by atoms with Gasteiger partial charge in [-0.3, -0.25) is 9.98 Å². The molecule has 0 bridgehead atoms. The Balaban J connectivity index is 1.61. The first-order valence-corrected chi connectivity index (χ1v) is 9.09. The molecule has 0 radical (unpaired) electrons. The van der Waals surface area contributed by atoms with E-state index in [1.165, 1.54) is 30.2 Å². The molecule has 5 nitrogen and oxygen atoms in total. The maximum absolute atomic E-state index is 13.7. The fourth-order valence-electron chi connectivity index (χ4n) is 3.17. The van der Waals surface area contributed by atoms with Crippen LogP contribution in [0.1, 0.15) is 37.1 Å². The van der Waals surface area contributed by atoms with E-state index in [0.29, 0.717) is 11.7 Å². The number of halogens is 1. The number of hydrogen-bond donors (Lipinski definition) is 2. The molecule has 1 aromatic heterocycles. The molecule has 26 heavy (non-hydrogen) atoms. The molecular formula is C20H26FN5. The molecule has 1 fully saturated rings. The van der Waals surface area contributed by atoms with E-state index in [-0.39, 0.29) is 18.4 Å². The van der Waals surface area contributed by atoms with Crippen LogP contribution in [0.3, 0.4) is 0 Å². The average Bonchev–Trinajstić information content (AvgIpc) is 3.21. The number of anilines is 1. The van der Waals surface area contributed by atoms with Gasteiger partial charge in [0.05, 0.1) is 18.3 Å². The normalized spacial score (nSPS) is 15.8. The van der Waals surface area contributed by atoms with Gasteiger partial charge < -0.3 is 15.5 Å². The van der Waals surface area contributed by atoms with Crippen LogP contribution in [0.25, 0.3) is 0 Å². The summed E-state index contributed by atoms with van der Waals surface area (Å²) < 4.78 is 13.7. The van der Waals surface area contributed by atoms with Crippen molar-refractivity contribution in [2.24, 2.45) is 4.99 Å². The second-order valence-corrected chi connectivity index (χ2v) is 6.51. The molecule has 0 amide bonds. The minimum atomic E-state index is -0.318. The Morgan fingerprint density at radius 2 is 2.08 bits per heavy atom. The van der Waals surface area contributed by atoms with Crippen LogP contribution in [0.5, 0.6) is 0 Å². The monoisotopic (exact) mass is 355 g/mol. The summed E-state index contributed by atoms with van der Waals surface area (Å²) in [5, 5.41) is 6.48. The highest BCUT2D eigenvalue weighted by molar-refractivity contribution is 5.80. The zero-order valence-electron chi connectivity index (χ0n) is 15.4. The Morgan fingerprint density at radius 1 is 1.27 bits per heavy atom. The lowest BCUT2D eigenvalue weighted by atomic mass is 10.1. The van der Waals surface area contributed by atoms with E-state index < -0.39 is 0 Å². The predicted octanol–water partition coefficient (Wildman–Crippen LogP) is 3.25. The molecule has 2 aromatic rings. The fraction of sp³-hybridized carbons (Fsp3) is 0.400. The van der Waals surface area contributed by atoms with Gasteiger partial charge in [-0.2, -0.15) is 0 Å². The average molecular weight is 355 g/mol. The third kappa shape index (κ3) is 4.50. The lowest BCUT2D eigenvalue weighted by Gasteiger charge is -2.22. The lowest BCUT2D eigenvalue weighted by molar-refractivity contribution is 0.590. The van der Waals surface area contributed by atoms with Gasteiger partial charge in [0.25, 0.3) is 0 Å². The van der Waals surface area contributed by atoms with E-state index in [4.69, 9.17) is 0 Å². The highest BCUT2D eigenvalue weighted by Crippen LogP contribution is 2.23. The summed E-state index contributed by atoms with van der Waals surface area (Å²) in [5.74, 6) is 0.302. The smallest absolute Gasteiger partial charge is 0.191 e. The largest absolute Gasteiger partial charge is 0.372 e. The summed E-state index contributed by atoms with van der Waals surface area (Å²) in [6.07, 6.45) is 4.11. The minimum absolute atomic E-state index is 0.0809. The number of guanidine groups is 1. The molecule has 1 atom stereocenters. The van der Waals surface area contributed by atoms with Crippen LogP contribution >= 0.6 is 0 Å². The van der Waals surface area contributed by atoms with Crippen LogP contribution in [-0.2, 0) is 6.54 Å². The standard InChI is InChI=1S/C20H26FN5/c1-15(16-7-5-8-17(13-16)26-11-3-4-12-26)25-20(22-2)24-14-19-18(21)9-6-10-23-19/h5-10,13,15H,3-4,11-12,14H2,1-2H3,(H2,22,24,25). The molecule has 6 heteroatoms. The van der Waals surface area contributed by atoms with Gasteiger partial charge >= 0.3 is 0 Å². The number of nitrogens with one attached hydrogen (secondary N) is 2. The molecule has 2 heterocycles. The summed E-state index contributed by atoms with van der Waals surface area (Å²) in [4.78, 5) is 10.7. The van der Waals surface area contributed by atoms with E-state index in [9.17, 15) is 4.39 Å². The third-order valence-corrected chi connectivity index (χ3v) is 4.68. The van der Waals surface area contributed by atoms with Gasteiger partial charge in [-0.25, -0.2) is 4.39 Å². The molecule has 0 spiro atoms. The predicted molar refractivity (Wildman–Crippen MR) is 104 cm³/mol. The van der Waals surface area contributed by atoms with E-state index in [1.807, 2.05) is 0 Å². The number of pyridine rings is 1. The number of nitrogens with zero attached hydrogens (tertiary/aromatic N) is 3. The van der Waals surface area contributed by atoms with Crippen molar-refractivity contribution >= 4 is 11.6 Å². The first-order chi connectivity index (χ1) is 12.7. The van der Waals surface area contributed by atoms with Crippen molar-refractivity contribution in [2.45, 2.75) is 32.4 Å². The van der Waals surface area contributed by atoms with Gasteiger partial charge in [0.1, 0.15) is 5.82 Å². The van der Waals surface area contributed by atoms with Crippen LogP contribution in [-0.4, -0.2) is 31.1 Å². The molecular weight excluding hydrogens is 329 g/mol. The number of aromatic nitrogens is 1. The molecule has 1 unspecified atom stereocenters. The molecule has 2 N–H and O–H groups in total. The van der Waals surface area contributed by atoms with Gasteiger partial charge in [-0.1, -0.05) is 12.1 Å². The zero-order chi connectivity index (χ0) is 18.4. The van der Waals surface area contributed by atoms with Gasteiger partial charge in [-0.15, -0.1) is 0 Å². The lowest BCUT2D eigenvalue weighted by Crippen LogP contribution is -2.38. The van der Waals surface area contributed by atoms with Gasteiger partial charge in [0.2, 0.25) is 0 Å². The quantitative estimate of drug-likeness (QED) is 0.639. The Hall–Kier alpha value is -2.63. The van der Waals surface area contributed by atoms with Gasteiger partial charge in [0.15, 0.2) is 5.96 Å². The van der Waals surface area contributed by atoms with Crippen molar-refractivity contribution in [1.29, 1.82) is 0 Å². The van der Waals surface area contributed by atoms with Gasteiger partial charge in [0, 0.05) is 32.0 Å². The first-order valence-electron chi connectivity index (χ1n) is 9.09. The van der Waals surface area contributed by atoms with E-state index in [1.54, 1.807) is 19.3 Å². The maximum atomic E-state index is 13.7. The van der Waals surface area contributed by atoms with Crippen molar-refractivity contribution in [3.8, 4) is 0 Å². The topological polar surface area (TPSA) is 52.6 Å². The third-order valence-electron chi connectivity index (χ3n) is 4.68. The summed E-state index contributed by atoms with van der Waals surface area (Å²) >= 11 is 0. The second kappa shape index (κ2) is 8.65. The number of aliphatic imine (C=N–C) groups is 1. The van der Waals surface area contributed by atoms with Crippen molar-refractivity contribution in [2.75, 3.05) is 25.0 Å². The van der Waals surface area contributed by atoms with Gasteiger partial charge in [-0.05, 0) is 49.6 Å². The molecule has 1 aliphatic heterocycles. The number of hydrogen-bond acceptors (Lipinski definition) is 3. The van der Waals surface area contributed by atoms with Crippen LogP contribution in [0, 0.1) is 5.82 Å². The second-order valence-electron chi connectivity index (χ2n) is 6.51. The van der Waals surface area contributed by atoms with E-state index >= 15 is 0 Å². The fourth-order valence-corrected chi connectivity index (χ4v) is 3.17. The Labute approximate surface area is 154 Å². The SMILES string of the molecule is CN=C(NCc1ncccc1F)NC(C)c1cccc(N2CCCC2)c1. The minimum Gasteiger partial charge on any atom is -0.372 e. The van der Waals surface area contributed by atoms with Crippen molar-refractivity contribution < 1.29 is 4.39 Å². The van der Waals surface area contributed by atoms with Crippen LogP contribution in [0.4, 0.5) is 10.1 Å². The summed E-state index contributed by atoms with van der Waals surface area (Å²) in [5.41, 5.74) is 2.84. The molecule has 1 aromatic carbocycles. The Bertz CT molecular complexity index is 755. The molecule has 138 valence electrons. The van der Waals surface area contributed by atoms with Crippen molar-refractivity contribution in [3.63, 3.8) is 0 Å². The molecule has 3 rings (SSSR count). The number of benzene rings is 1.